The number of aryl methyl sites for hydroxylation is 1. The minimum Gasteiger partial charge on any atom is -0.483 e. The molecule has 0 saturated carbocycles. The van der Waals surface area contributed by atoms with Gasteiger partial charge in [0.25, 0.3) is 0 Å². The summed E-state index contributed by atoms with van der Waals surface area (Å²) in [7, 11) is -3.56. The Bertz CT molecular complexity index is 938. The summed E-state index contributed by atoms with van der Waals surface area (Å²) in [5.74, 6) is 0.481. The van der Waals surface area contributed by atoms with Crippen LogP contribution in [0.25, 0.3) is 0 Å². The molecule has 1 spiro atoms. The summed E-state index contributed by atoms with van der Waals surface area (Å²) in [6.07, 6.45) is 0.824. The van der Waals surface area contributed by atoms with Gasteiger partial charge < -0.3 is 4.74 Å². The molecule has 0 bridgehead atoms. The highest BCUT2D eigenvalue weighted by Gasteiger charge is 2.48. The molecule has 0 N–H and O–H groups in total. The van der Waals surface area contributed by atoms with E-state index in [4.69, 9.17) is 4.74 Å². The molecule has 0 amide bonds. The van der Waals surface area contributed by atoms with E-state index in [1.165, 1.54) is 9.75 Å². The largest absolute Gasteiger partial charge is 0.483 e. The average molecular weight is 407 g/mol. The monoisotopic (exact) mass is 406 g/mol. The fourth-order valence-electron chi connectivity index (χ4n) is 4.03. The van der Waals surface area contributed by atoms with Crippen molar-refractivity contribution in [1.82, 2.24) is 9.21 Å². The maximum absolute atomic E-state index is 13.2. The topological polar surface area (TPSA) is 49.9 Å². The smallest absolute Gasteiger partial charge is 0.247 e. The molecule has 0 aliphatic carbocycles. The first-order valence-corrected chi connectivity index (χ1v) is 11.6. The van der Waals surface area contributed by atoms with Crippen molar-refractivity contribution in [2.75, 3.05) is 19.6 Å². The number of likely N-dealkylation sites (tertiary alicyclic amines) is 1. The van der Waals surface area contributed by atoms with Crippen molar-refractivity contribution in [2.24, 2.45) is 0 Å². The van der Waals surface area contributed by atoms with Crippen molar-refractivity contribution in [3.05, 3.63) is 46.2 Å². The number of ether oxygens (including phenoxy) is 1. The molecule has 3 heterocycles. The SMILES string of the molecule is Cc1ccc(CN2CC[C@]3(C2)CN(C(C)C)S(=O)(=O)c2ccccc2O3)s1. The van der Waals surface area contributed by atoms with Gasteiger partial charge in [-0.1, -0.05) is 12.1 Å². The van der Waals surface area contributed by atoms with E-state index in [2.05, 4.69) is 24.0 Å². The maximum atomic E-state index is 13.2. The van der Waals surface area contributed by atoms with Crippen LogP contribution in [0.15, 0.2) is 41.3 Å². The summed E-state index contributed by atoms with van der Waals surface area (Å²) in [6, 6.07) is 11.3. The van der Waals surface area contributed by atoms with E-state index in [1.54, 1.807) is 22.5 Å². The van der Waals surface area contributed by atoms with Gasteiger partial charge in [0.05, 0.1) is 6.54 Å². The summed E-state index contributed by atoms with van der Waals surface area (Å²) in [5.41, 5.74) is -0.504. The Morgan fingerprint density at radius 2 is 1.96 bits per heavy atom. The van der Waals surface area contributed by atoms with E-state index in [1.807, 2.05) is 31.3 Å². The number of para-hydroxylation sites is 1. The van der Waals surface area contributed by atoms with E-state index in [0.717, 1.165) is 26.1 Å². The second-order valence-corrected chi connectivity index (χ2v) is 11.1. The van der Waals surface area contributed by atoms with Crippen molar-refractivity contribution >= 4 is 21.4 Å². The molecule has 2 aliphatic rings. The molecule has 2 aromatic rings. The van der Waals surface area contributed by atoms with Crippen LogP contribution in [0.4, 0.5) is 0 Å². The molecule has 27 heavy (non-hydrogen) atoms. The van der Waals surface area contributed by atoms with Gasteiger partial charge in [-0.3, -0.25) is 4.90 Å². The van der Waals surface area contributed by atoms with E-state index in [9.17, 15) is 8.42 Å². The third kappa shape index (κ3) is 3.53. The Morgan fingerprint density at radius 1 is 1.19 bits per heavy atom. The Balaban J connectivity index is 1.65. The van der Waals surface area contributed by atoms with Crippen LogP contribution in [0.1, 0.15) is 30.0 Å². The summed E-state index contributed by atoms with van der Waals surface area (Å²) in [5, 5.41) is 0. The molecule has 4 rings (SSSR count). The Kier molecular flexibility index (Phi) is 4.83. The molecular weight excluding hydrogens is 380 g/mol. The fourth-order valence-corrected chi connectivity index (χ4v) is 6.79. The van der Waals surface area contributed by atoms with E-state index in [-0.39, 0.29) is 10.9 Å². The van der Waals surface area contributed by atoms with Gasteiger partial charge in [0, 0.05) is 41.9 Å². The first-order chi connectivity index (χ1) is 12.8. The van der Waals surface area contributed by atoms with Crippen molar-refractivity contribution in [3.8, 4) is 5.75 Å². The Labute approximate surface area is 165 Å². The van der Waals surface area contributed by atoms with Gasteiger partial charge in [0.2, 0.25) is 10.0 Å². The van der Waals surface area contributed by atoms with E-state index >= 15 is 0 Å². The van der Waals surface area contributed by atoms with Gasteiger partial charge in [-0.15, -0.1) is 11.3 Å². The number of thiophene rings is 1. The number of rotatable bonds is 3. The first-order valence-electron chi connectivity index (χ1n) is 9.37. The predicted molar refractivity (Wildman–Crippen MR) is 108 cm³/mol. The molecule has 2 aliphatic heterocycles. The standard InChI is InChI=1S/C20H26N2O3S2/c1-15(2)22-14-20(25-18-6-4-5-7-19(18)27(22,23)24)10-11-21(13-20)12-17-9-8-16(3)26-17/h4-9,15H,10-14H2,1-3H3/t20-/m0/s1. The maximum Gasteiger partial charge on any atom is 0.247 e. The van der Waals surface area contributed by atoms with Crippen LogP contribution in [-0.4, -0.2) is 48.9 Å². The first kappa shape index (κ1) is 18.9. The molecule has 146 valence electrons. The van der Waals surface area contributed by atoms with Crippen LogP contribution in [-0.2, 0) is 16.6 Å². The van der Waals surface area contributed by atoms with E-state index in [0.29, 0.717) is 12.3 Å². The average Bonchev–Trinajstić information content (AvgIpc) is 3.17. The number of hydrogen-bond donors (Lipinski definition) is 0. The summed E-state index contributed by atoms with van der Waals surface area (Å²) in [6.45, 7) is 8.90. The van der Waals surface area contributed by atoms with Gasteiger partial charge in [0.1, 0.15) is 16.2 Å². The second kappa shape index (κ2) is 6.88. The Morgan fingerprint density at radius 3 is 2.67 bits per heavy atom. The molecule has 1 saturated heterocycles. The van der Waals surface area contributed by atoms with Crippen LogP contribution in [0.2, 0.25) is 0 Å². The highest BCUT2D eigenvalue weighted by atomic mass is 32.2. The lowest BCUT2D eigenvalue weighted by atomic mass is 10.0. The summed E-state index contributed by atoms with van der Waals surface area (Å²) in [4.78, 5) is 5.31. The van der Waals surface area contributed by atoms with Crippen molar-refractivity contribution < 1.29 is 13.2 Å². The number of nitrogens with zero attached hydrogens (tertiary/aromatic N) is 2. The van der Waals surface area contributed by atoms with Crippen LogP contribution in [0.5, 0.6) is 5.75 Å². The summed E-state index contributed by atoms with van der Waals surface area (Å²) < 4.78 is 34.5. The van der Waals surface area contributed by atoms with Gasteiger partial charge in [0.15, 0.2) is 0 Å². The van der Waals surface area contributed by atoms with Crippen molar-refractivity contribution in [1.29, 1.82) is 0 Å². The lowest BCUT2D eigenvalue weighted by molar-refractivity contribution is 0.0533. The van der Waals surface area contributed by atoms with Crippen molar-refractivity contribution in [3.63, 3.8) is 0 Å². The highest BCUT2D eigenvalue weighted by Crippen LogP contribution is 2.39. The lowest BCUT2D eigenvalue weighted by Gasteiger charge is -2.33. The van der Waals surface area contributed by atoms with Crippen molar-refractivity contribution in [2.45, 2.75) is 50.3 Å². The quantitative estimate of drug-likeness (QED) is 0.783. The molecule has 7 heteroatoms. The molecule has 1 atom stereocenters. The van der Waals surface area contributed by atoms with Crippen LogP contribution in [0.3, 0.4) is 0 Å². The molecule has 5 nitrogen and oxygen atoms in total. The van der Waals surface area contributed by atoms with Crippen LogP contribution in [0, 0.1) is 6.92 Å². The van der Waals surface area contributed by atoms with Gasteiger partial charge in [-0.05, 0) is 45.0 Å². The van der Waals surface area contributed by atoms with Gasteiger partial charge in [-0.25, -0.2) is 8.42 Å². The molecule has 0 unspecified atom stereocenters. The third-order valence-corrected chi connectivity index (χ3v) is 8.40. The zero-order valence-electron chi connectivity index (χ0n) is 16.0. The minimum atomic E-state index is -3.56. The number of hydrogen-bond acceptors (Lipinski definition) is 5. The molecule has 1 aromatic carbocycles. The molecule has 0 radical (unpaired) electrons. The zero-order chi connectivity index (χ0) is 19.2. The minimum absolute atomic E-state index is 0.115. The number of sulfonamides is 1. The van der Waals surface area contributed by atoms with Gasteiger partial charge >= 0.3 is 0 Å². The second-order valence-electron chi connectivity index (χ2n) is 7.85. The molecule has 1 fully saturated rings. The summed E-state index contributed by atoms with van der Waals surface area (Å²) >= 11 is 1.82. The third-order valence-electron chi connectivity index (χ3n) is 5.35. The highest BCUT2D eigenvalue weighted by molar-refractivity contribution is 7.89. The van der Waals surface area contributed by atoms with Crippen LogP contribution < -0.4 is 4.74 Å². The molecule has 1 aromatic heterocycles. The van der Waals surface area contributed by atoms with E-state index < -0.39 is 15.6 Å². The van der Waals surface area contributed by atoms with Gasteiger partial charge in [-0.2, -0.15) is 4.31 Å². The fraction of sp³-hybridized carbons (Fsp3) is 0.500. The number of benzene rings is 1. The zero-order valence-corrected chi connectivity index (χ0v) is 17.6. The van der Waals surface area contributed by atoms with Crippen LogP contribution >= 0.6 is 11.3 Å². The molecular formula is C20H26N2O3S2. The normalized spacial score (nSPS) is 25.5. The Hall–Kier alpha value is -1.41. The number of fused-ring (bicyclic) bond motifs is 1. The predicted octanol–water partition coefficient (Wildman–Crippen LogP) is 3.49. The lowest BCUT2D eigenvalue weighted by Crippen LogP contribution is -2.51.